The number of aromatic hydroxyl groups is 1. The van der Waals surface area contributed by atoms with Gasteiger partial charge in [-0.25, -0.2) is 4.39 Å². The first-order valence-electron chi connectivity index (χ1n) is 9.16. The van der Waals surface area contributed by atoms with Gasteiger partial charge in [-0.2, -0.15) is 10.2 Å². The van der Waals surface area contributed by atoms with Crippen molar-refractivity contribution >= 4 is 22.3 Å². The molecule has 2 N–H and O–H groups in total. The smallest absolute Gasteiger partial charge is 0.163 e. The molecule has 0 spiro atoms. The summed E-state index contributed by atoms with van der Waals surface area (Å²) in [6.07, 6.45) is 4.87. The molecule has 2 heterocycles. The molecular formula is C22H19FN4O3. The fraction of sp³-hybridized carbons (Fsp3) is 0.136. The third-order valence-corrected chi connectivity index (χ3v) is 4.62. The predicted octanol–water partition coefficient (Wildman–Crippen LogP) is 4.51. The molecule has 2 aromatic heterocycles. The normalized spacial score (nSPS) is 10.8. The number of nitrogens with one attached hydrogen (secondary N) is 1. The molecule has 0 radical (unpaired) electrons. The van der Waals surface area contributed by atoms with Crippen LogP contribution in [0.4, 0.5) is 15.8 Å². The third-order valence-electron chi connectivity index (χ3n) is 4.62. The predicted molar refractivity (Wildman–Crippen MR) is 111 cm³/mol. The third kappa shape index (κ3) is 3.93. The average Bonchev–Trinajstić information content (AvgIpc) is 2.76. The number of phenols is 1. The van der Waals surface area contributed by atoms with Crippen LogP contribution in [0.5, 0.6) is 17.2 Å². The van der Waals surface area contributed by atoms with E-state index in [1.165, 1.54) is 18.3 Å². The molecule has 0 atom stereocenters. The molecular weight excluding hydrogens is 387 g/mol. The SMILES string of the molecule is COc1cc2c(Nc3cc(O)c(C)cc3F)cnnc2cc1OCc1ccncc1. The number of anilines is 2. The fourth-order valence-electron chi connectivity index (χ4n) is 2.98. The molecule has 0 aliphatic heterocycles. The molecule has 0 fully saturated rings. The average molecular weight is 406 g/mol. The van der Waals surface area contributed by atoms with Gasteiger partial charge in [-0.1, -0.05) is 0 Å². The van der Waals surface area contributed by atoms with Gasteiger partial charge in [-0.3, -0.25) is 4.98 Å². The first-order chi connectivity index (χ1) is 14.5. The maximum absolute atomic E-state index is 14.3. The number of nitrogens with zero attached hydrogens (tertiary/aromatic N) is 3. The van der Waals surface area contributed by atoms with E-state index >= 15 is 0 Å². The molecule has 0 amide bonds. The standard InChI is InChI=1S/C22H19FN4O3/c1-13-7-16(23)18(9-20(13)28)26-19-11-25-27-17-10-22(21(29-2)8-15(17)19)30-12-14-3-5-24-6-4-14/h3-11,28H,12H2,1-2H3,(H,26,27). The number of ether oxygens (including phenoxy) is 2. The van der Waals surface area contributed by atoms with E-state index in [1.807, 2.05) is 12.1 Å². The summed E-state index contributed by atoms with van der Waals surface area (Å²) < 4.78 is 25.7. The number of pyridine rings is 1. The second-order valence-electron chi connectivity index (χ2n) is 6.67. The van der Waals surface area contributed by atoms with Crippen LogP contribution < -0.4 is 14.8 Å². The minimum absolute atomic E-state index is 0.00500. The largest absolute Gasteiger partial charge is 0.508 e. The number of aromatic nitrogens is 3. The summed E-state index contributed by atoms with van der Waals surface area (Å²) in [4.78, 5) is 3.99. The number of methoxy groups -OCH3 is 1. The maximum atomic E-state index is 14.3. The first kappa shape index (κ1) is 19.4. The molecule has 0 bridgehead atoms. The second kappa shape index (κ2) is 8.20. The van der Waals surface area contributed by atoms with Gasteiger partial charge in [0.2, 0.25) is 0 Å². The Hall–Kier alpha value is -3.94. The highest BCUT2D eigenvalue weighted by atomic mass is 19.1. The van der Waals surface area contributed by atoms with Gasteiger partial charge in [0, 0.05) is 29.9 Å². The van der Waals surface area contributed by atoms with E-state index in [1.54, 1.807) is 38.6 Å². The van der Waals surface area contributed by atoms with Crippen LogP contribution in [0.25, 0.3) is 10.9 Å². The monoisotopic (exact) mass is 406 g/mol. The Morgan fingerprint density at radius 1 is 1.07 bits per heavy atom. The van der Waals surface area contributed by atoms with Crippen LogP contribution in [0, 0.1) is 12.7 Å². The zero-order valence-electron chi connectivity index (χ0n) is 16.4. The van der Waals surface area contributed by atoms with Crippen LogP contribution in [-0.2, 0) is 6.61 Å². The minimum Gasteiger partial charge on any atom is -0.508 e. The van der Waals surface area contributed by atoms with Gasteiger partial charge in [-0.05, 0) is 42.3 Å². The summed E-state index contributed by atoms with van der Waals surface area (Å²) in [5.74, 6) is 0.515. The maximum Gasteiger partial charge on any atom is 0.163 e. The highest BCUT2D eigenvalue weighted by Crippen LogP contribution is 2.36. The van der Waals surface area contributed by atoms with E-state index in [9.17, 15) is 9.50 Å². The topological polar surface area (TPSA) is 89.4 Å². The van der Waals surface area contributed by atoms with Crippen LogP contribution in [0.15, 0.2) is 55.0 Å². The first-order valence-corrected chi connectivity index (χ1v) is 9.16. The molecule has 0 aliphatic carbocycles. The lowest BCUT2D eigenvalue weighted by molar-refractivity contribution is 0.285. The number of hydrogen-bond acceptors (Lipinski definition) is 7. The summed E-state index contributed by atoms with van der Waals surface area (Å²) in [7, 11) is 1.54. The lowest BCUT2D eigenvalue weighted by atomic mass is 10.1. The Labute approximate surface area is 172 Å². The molecule has 0 aliphatic rings. The van der Waals surface area contributed by atoms with Crippen LogP contribution >= 0.6 is 0 Å². The van der Waals surface area contributed by atoms with Gasteiger partial charge in [0.25, 0.3) is 0 Å². The Bertz CT molecular complexity index is 1200. The van der Waals surface area contributed by atoms with Crippen molar-refractivity contribution in [3.05, 3.63) is 71.9 Å². The van der Waals surface area contributed by atoms with Crippen molar-refractivity contribution in [1.29, 1.82) is 0 Å². The van der Waals surface area contributed by atoms with Crippen molar-refractivity contribution in [2.45, 2.75) is 13.5 Å². The number of halogens is 1. The summed E-state index contributed by atoms with van der Waals surface area (Å²) >= 11 is 0. The van der Waals surface area contributed by atoms with E-state index in [0.29, 0.717) is 40.3 Å². The molecule has 8 heteroatoms. The number of hydrogen-bond donors (Lipinski definition) is 2. The Morgan fingerprint density at radius 3 is 2.63 bits per heavy atom. The second-order valence-corrected chi connectivity index (χ2v) is 6.67. The molecule has 4 aromatic rings. The van der Waals surface area contributed by atoms with Gasteiger partial charge in [0.05, 0.1) is 30.2 Å². The van der Waals surface area contributed by atoms with Crippen molar-refractivity contribution in [3.8, 4) is 17.2 Å². The van der Waals surface area contributed by atoms with E-state index in [2.05, 4.69) is 20.5 Å². The van der Waals surface area contributed by atoms with Crippen molar-refractivity contribution < 1.29 is 19.0 Å². The molecule has 4 rings (SSSR count). The molecule has 0 saturated carbocycles. The fourth-order valence-corrected chi connectivity index (χ4v) is 2.98. The van der Waals surface area contributed by atoms with Crippen LogP contribution in [-0.4, -0.2) is 27.4 Å². The van der Waals surface area contributed by atoms with Crippen LogP contribution in [0.1, 0.15) is 11.1 Å². The van der Waals surface area contributed by atoms with Crippen LogP contribution in [0.3, 0.4) is 0 Å². The van der Waals surface area contributed by atoms with Crippen LogP contribution in [0.2, 0.25) is 0 Å². The van der Waals surface area contributed by atoms with E-state index < -0.39 is 5.82 Å². The van der Waals surface area contributed by atoms with Gasteiger partial charge >= 0.3 is 0 Å². The Balaban J connectivity index is 1.68. The molecule has 152 valence electrons. The summed E-state index contributed by atoms with van der Waals surface area (Å²) in [5.41, 5.74) is 2.60. The quantitative estimate of drug-likeness (QED) is 0.487. The molecule has 0 saturated heterocycles. The van der Waals surface area contributed by atoms with E-state index in [-0.39, 0.29) is 11.4 Å². The number of phenolic OH excluding ortho intramolecular Hbond substituents is 1. The van der Waals surface area contributed by atoms with Crippen molar-refractivity contribution in [2.24, 2.45) is 0 Å². The molecule has 7 nitrogen and oxygen atoms in total. The van der Waals surface area contributed by atoms with E-state index in [0.717, 1.165) is 5.56 Å². The number of benzene rings is 2. The number of fused-ring (bicyclic) bond motifs is 1. The lowest BCUT2D eigenvalue weighted by Gasteiger charge is -2.14. The summed E-state index contributed by atoms with van der Waals surface area (Å²) in [6.45, 7) is 1.97. The highest BCUT2D eigenvalue weighted by Gasteiger charge is 2.14. The van der Waals surface area contributed by atoms with Crippen molar-refractivity contribution in [2.75, 3.05) is 12.4 Å². The zero-order valence-corrected chi connectivity index (χ0v) is 16.4. The Morgan fingerprint density at radius 2 is 1.87 bits per heavy atom. The molecule has 2 aromatic carbocycles. The molecule has 30 heavy (non-hydrogen) atoms. The highest BCUT2D eigenvalue weighted by molar-refractivity contribution is 5.94. The lowest BCUT2D eigenvalue weighted by Crippen LogP contribution is -2.01. The van der Waals surface area contributed by atoms with Crippen molar-refractivity contribution in [3.63, 3.8) is 0 Å². The summed E-state index contributed by atoms with van der Waals surface area (Å²) in [5, 5.41) is 21.7. The molecule has 0 unspecified atom stereocenters. The number of rotatable bonds is 6. The van der Waals surface area contributed by atoms with E-state index in [4.69, 9.17) is 9.47 Å². The number of aryl methyl sites for hydroxylation is 1. The van der Waals surface area contributed by atoms with Crippen molar-refractivity contribution in [1.82, 2.24) is 15.2 Å². The van der Waals surface area contributed by atoms with Gasteiger partial charge in [-0.15, -0.1) is 0 Å². The van der Waals surface area contributed by atoms with Gasteiger partial charge in [0.1, 0.15) is 18.2 Å². The van der Waals surface area contributed by atoms with Gasteiger partial charge < -0.3 is 19.9 Å². The zero-order chi connectivity index (χ0) is 21.1. The minimum atomic E-state index is -0.487. The Kier molecular flexibility index (Phi) is 5.30. The summed E-state index contributed by atoms with van der Waals surface area (Å²) in [6, 6.07) is 9.79. The van der Waals surface area contributed by atoms with Gasteiger partial charge in [0.15, 0.2) is 11.5 Å².